The van der Waals surface area contributed by atoms with Gasteiger partial charge in [0.15, 0.2) is 0 Å². The van der Waals surface area contributed by atoms with Crippen molar-refractivity contribution in [1.82, 2.24) is 20.4 Å². The van der Waals surface area contributed by atoms with Crippen LogP contribution >= 0.6 is 0 Å². The van der Waals surface area contributed by atoms with Crippen molar-refractivity contribution < 1.29 is 19.2 Å². The molecule has 0 spiro atoms. The summed E-state index contributed by atoms with van der Waals surface area (Å²) in [6.07, 6.45) is 2.49. The van der Waals surface area contributed by atoms with Crippen LogP contribution in [0.1, 0.15) is 52.0 Å². The molecule has 3 heterocycles. The third-order valence-corrected chi connectivity index (χ3v) is 5.87. The van der Waals surface area contributed by atoms with Crippen LogP contribution in [-0.4, -0.2) is 65.6 Å². The van der Waals surface area contributed by atoms with Gasteiger partial charge in [-0.05, 0) is 44.5 Å². The fourth-order valence-corrected chi connectivity index (χ4v) is 4.32. The Morgan fingerprint density at radius 2 is 1.96 bits per heavy atom. The first-order valence-corrected chi connectivity index (χ1v) is 9.72. The first kappa shape index (κ1) is 18.8. The standard InChI is InChI=1S/C20H24N4O4/c1-23(13-5-3-9-21-10-13)11-12-4-2-6-14-17(12)20(28)24(19(14)27)15-7-8-16(25)22-18(15)26/h2,4,6,13,15,21H,3,5,7-11H2,1H3,(H,22,25,26). The molecule has 8 nitrogen and oxygen atoms in total. The third kappa shape index (κ3) is 3.22. The van der Waals surface area contributed by atoms with Gasteiger partial charge in [0, 0.05) is 25.6 Å². The van der Waals surface area contributed by atoms with Gasteiger partial charge in [0.05, 0.1) is 11.1 Å². The molecule has 4 amide bonds. The Morgan fingerprint density at radius 3 is 2.68 bits per heavy atom. The number of benzene rings is 1. The summed E-state index contributed by atoms with van der Waals surface area (Å²) in [6, 6.07) is 4.72. The van der Waals surface area contributed by atoms with Crippen molar-refractivity contribution in [3.63, 3.8) is 0 Å². The van der Waals surface area contributed by atoms with Crippen LogP contribution in [0, 0.1) is 0 Å². The number of likely N-dealkylation sites (N-methyl/N-ethyl adjacent to an activating group) is 1. The summed E-state index contributed by atoms with van der Waals surface area (Å²) in [4.78, 5) is 52.9. The van der Waals surface area contributed by atoms with E-state index < -0.39 is 23.8 Å². The molecule has 3 aliphatic heterocycles. The second-order valence-corrected chi connectivity index (χ2v) is 7.70. The Morgan fingerprint density at radius 1 is 1.14 bits per heavy atom. The smallest absolute Gasteiger partial charge is 0.262 e. The molecular weight excluding hydrogens is 360 g/mol. The minimum absolute atomic E-state index is 0.119. The molecule has 2 saturated heterocycles. The van der Waals surface area contributed by atoms with Crippen LogP contribution < -0.4 is 10.6 Å². The highest BCUT2D eigenvalue weighted by atomic mass is 16.2. The van der Waals surface area contributed by atoms with Crippen molar-refractivity contribution >= 4 is 23.6 Å². The monoisotopic (exact) mass is 384 g/mol. The Labute approximate surface area is 163 Å². The zero-order valence-corrected chi connectivity index (χ0v) is 15.9. The quantitative estimate of drug-likeness (QED) is 0.723. The van der Waals surface area contributed by atoms with Crippen LogP contribution in [0.2, 0.25) is 0 Å². The summed E-state index contributed by atoms with van der Waals surface area (Å²) >= 11 is 0. The van der Waals surface area contributed by atoms with Crippen molar-refractivity contribution in [1.29, 1.82) is 0 Å². The zero-order valence-electron chi connectivity index (χ0n) is 15.9. The van der Waals surface area contributed by atoms with Crippen LogP contribution in [0.3, 0.4) is 0 Å². The Kier molecular flexibility index (Phi) is 4.99. The number of nitrogens with one attached hydrogen (secondary N) is 2. The maximum atomic E-state index is 13.1. The third-order valence-electron chi connectivity index (χ3n) is 5.87. The largest absolute Gasteiger partial charge is 0.315 e. The fourth-order valence-electron chi connectivity index (χ4n) is 4.32. The molecule has 0 aromatic heterocycles. The van der Waals surface area contributed by atoms with E-state index in [1.54, 1.807) is 12.1 Å². The lowest BCUT2D eigenvalue weighted by molar-refractivity contribution is -0.136. The van der Waals surface area contributed by atoms with Crippen LogP contribution in [-0.2, 0) is 16.1 Å². The Balaban J connectivity index is 1.59. The number of imide groups is 2. The number of amides is 4. The molecule has 1 aromatic rings. The summed E-state index contributed by atoms with van der Waals surface area (Å²) in [5.41, 5.74) is 1.51. The first-order valence-electron chi connectivity index (χ1n) is 9.72. The van der Waals surface area contributed by atoms with Crippen molar-refractivity contribution in [2.75, 3.05) is 20.1 Å². The fraction of sp³-hybridized carbons (Fsp3) is 0.500. The molecule has 0 bridgehead atoms. The molecule has 0 saturated carbocycles. The summed E-state index contributed by atoms with van der Waals surface area (Å²) in [5, 5.41) is 5.61. The van der Waals surface area contributed by atoms with Gasteiger partial charge in [-0.15, -0.1) is 0 Å². The van der Waals surface area contributed by atoms with Gasteiger partial charge in [-0.3, -0.25) is 34.3 Å². The molecule has 0 aliphatic carbocycles. The van der Waals surface area contributed by atoms with Gasteiger partial charge < -0.3 is 5.32 Å². The number of rotatable bonds is 4. The number of hydrogen-bond acceptors (Lipinski definition) is 6. The average Bonchev–Trinajstić information content (AvgIpc) is 2.94. The molecule has 1 aromatic carbocycles. The number of hydrogen-bond donors (Lipinski definition) is 2. The van der Waals surface area contributed by atoms with Gasteiger partial charge in [-0.2, -0.15) is 0 Å². The minimum atomic E-state index is -0.932. The SMILES string of the molecule is CN(Cc1cccc2c1C(=O)N(C1CCC(=O)NC1=O)C2=O)C1CCCNC1. The highest BCUT2D eigenvalue weighted by molar-refractivity contribution is 6.24. The lowest BCUT2D eigenvalue weighted by Crippen LogP contribution is -2.54. The van der Waals surface area contributed by atoms with E-state index in [0.29, 0.717) is 23.7 Å². The maximum absolute atomic E-state index is 13.1. The zero-order chi connectivity index (χ0) is 19.8. The molecule has 4 rings (SSSR count). The number of fused-ring (bicyclic) bond motifs is 1. The second kappa shape index (κ2) is 7.44. The van der Waals surface area contributed by atoms with Crippen molar-refractivity contribution in [3.8, 4) is 0 Å². The molecule has 2 N–H and O–H groups in total. The lowest BCUT2D eigenvalue weighted by atomic mass is 10.0. The van der Waals surface area contributed by atoms with E-state index in [2.05, 4.69) is 15.5 Å². The molecule has 8 heteroatoms. The Bertz CT molecular complexity index is 847. The van der Waals surface area contributed by atoms with E-state index in [1.165, 1.54) is 0 Å². The number of carbonyl (C=O) groups excluding carboxylic acids is 4. The van der Waals surface area contributed by atoms with E-state index in [9.17, 15) is 19.2 Å². The van der Waals surface area contributed by atoms with E-state index in [0.717, 1.165) is 36.4 Å². The molecule has 2 atom stereocenters. The van der Waals surface area contributed by atoms with Gasteiger partial charge in [-0.25, -0.2) is 0 Å². The average molecular weight is 384 g/mol. The molecule has 2 unspecified atom stereocenters. The molecule has 0 radical (unpaired) electrons. The highest BCUT2D eigenvalue weighted by Gasteiger charge is 2.45. The normalized spacial score (nSPS) is 25.3. The van der Waals surface area contributed by atoms with Gasteiger partial charge in [0.1, 0.15) is 6.04 Å². The predicted molar refractivity (Wildman–Crippen MR) is 100 cm³/mol. The molecule has 2 fully saturated rings. The minimum Gasteiger partial charge on any atom is -0.315 e. The van der Waals surface area contributed by atoms with Crippen LogP contribution in [0.4, 0.5) is 0 Å². The highest BCUT2D eigenvalue weighted by Crippen LogP contribution is 2.30. The molecule has 28 heavy (non-hydrogen) atoms. The van der Waals surface area contributed by atoms with Gasteiger partial charge in [-0.1, -0.05) is 12.1 Å². The maximum Gasteiger partial charge on any atom is 0.262 e. The Hall–Kier alpha value is -2.58. The molecule has 3 aliphatic rings. The number of carbonyl (C=O) groups is 4. The van der Waals surface area contributed by atoms with Crippen LogP contribution in [0.5, 0.6) is 0 Å². The topological polar surface area (TPSA) is 98.8 Å². The van der Waals surface area contributed by atoms with E-state index >= 15 is 0 Å². The summed E-state index contributed by atoms with van der Waals surface area (Å²) in [6.45, 7) is 2.48. The van der Waals surface area contributed by atoms with Crippen LogP contribution in [0.15, 0.2) is 18.2 Å². The summed E-state index contributed by atoms with van der Waals surface area (Å²) < 4.78 is 0. The first-order chi connectivity index (χ1) is 13.5. The summed E-state index contributed by atoms with van der Waals surface area (Å²) in [7, 11) is 2.02. The van der Waals surface area contributed by atoms with Gasteiger partial charge in [0.2, 0.25) is 11.8 Å². The molecule has 148 valence electrons. The predicted octanol–water partition coefficient (Wildman–Crippen LogP) is 0.272. The lowest BCUT2D eigenvalue weighted by Gasteiger charge is -2.32. The molecular formula is C20H24N4O4. The summed E-state index contributed by atoms with van der Waals surface area (Å²) in [5.74, 6) is -1.86. The van der Waals surface area contributed by atoms with Crippen molar-refractivity contribution in [2.45, 2.75) is 44.3 Å². The van der Waals surface area contributed by atoms with Crippen LogP contribution in [0.25, 0.3) is 0 Å². The second-order valence-electron chi connectivity index (χ2n) is 7.70. The number of nitrogens with zero attached hydrogens (tertiary/aromatic N) is 2. The van der Waals surface area contributed by atoms with Crippen molar-refractivity contribution in [3.05, 3.63) is 34.9 Å². The van der Waals surface area contributed by atoms with E-state index in [-0.39, 0.29) is 18.7 Å². The van der Waals surface area contributed by atoms with E-state index in [4.69, 9.17) is 0 Å². The van der Waals surface area contributed by atoms with E-state index in [1.807, 2.05) is 13.1 Å². The number of piperidine rings is 2. The van der Waals surface area contributed by atoms with Gasteiger partial charge >= 0.3 is 0 Å². The van der Waals surface area contributed by atoms with Gasteiger partial charge in [0.25, 0.3) is 11.8 Å². The van der Waals surface area contributed by atoms with Crippen molar-refractivity contribution in [2.24, 2.45) is 0 Å².